The highest BCUT2D eigenvalue weighted by molar-refractivity contribution is 14.0. The van der Waals surface area contributed by atoms with Crippen molar-refractivity contribution in [2.45, 2.75) is 19.8 Å². The van der Waals surface area contributed by atoms with Crippen molar-refractivity contribution >= 4 is 36.0 Å². The lowest BCUT2D eigenvalue weighted by atomic mass is 10.1. The molecule has 1 amide bonds. The molecule has 152 valence electrons. The van der Waals surface area contributed by atoms with Crippen LogP contribution in [-0.2, 0) is 11.2 Å². The Kier molecular flexibility index (Phi) is 10.9. The topological polar surface area (TPSA) is 66.4 Å². The Morgan fingerprint density at radius 2 is 1.93 bits per heavy atom. The molecule has 0 radical (unpaired) electrons. The third-order valence-electron chi connectivity index (χ3n) is 4.38. The molecule has 1 heterocycles. The van der Waals surface area contributed by atoms with Crippen LogP contribution in [0.5, 0.6) is 5.75 Å². The molecule has 0 aromatic heterocycles. The molecule has 1 aromatic carbocycles. The number of ether oxygens (including phenoxy) is 2. The van der Waals surface area contributed by atoms with Gasteiger partial charge in [0.15, 0.2) is 5.96 Å². The Bertz CT molecular complexity index is 604. The van der Waals surface area contributed by atoms with Crippen LogP contribution in [0.1, 0.15) is 18.9 Å². The van der Waals surface area contributed by atoms with Gasteiger partial charge in [0.1, 0.15) is 5.75 Å². The number of aliphatic imine (C=N–C) groups is 1. The number of rotatable bonds is 6. The van der Waals surface area contributed by atoms with Gasteiger partial charge in [0, 0.05) is 39.8 Å². The van der Waals surface area contributed by atoms with E-state index >= 15 is 0 Å². The standard InChI is InChI=1S/C19H30N4O3.HI/c1-4-26-19(24)23-13-11-22(12-14-23)18(20-2)21-10-6-8-16-7-5-9-17(15-16)25-3;/h5,7,9,15H,4,6,8,10-14H2,1-3H3,(H,20,21);1H. The van der Waals surface area contributed by atoms with Crippen LogP contribution in [0.2, 0.25) is 0 Å². The minimum atomic E-state index is -0.228. The first-order valence-corrected chi connectivity index (χ1v) is 9.18. The summed E-state index contributed by atoms with van der Waals surface area (Å²) < 4.78 is 10.3. The third-order valence-corrected chi connectivity index (χ3v) is 4.38. The molecular formula is C19H31IN4O3. The zero-order chi connectivity index (χ0) is 18.8. The fraction of sp³-hybridized carbons (Fsp3) is 0.579. The smallest absolute Gasteiger partial charge is 0.409 e. The lowest BCUT2D eigenvalue weighted by Crippen LogP contribution is -2.54. The molecule has 27 heavy (non-hydrogen) atoms. The van der Waals surface area contributed by atoms with Gasteiger partial charge >= 0.3 is 6.09 Å². The van der Waals surface area contributed by atoms with E-state index in [-0.39, 0.29) is 30.1 Å². The number of halogens is 1. The Morgan fingerprint density at radius 3 is 2.56 bits per heavy atom. The summed E-state index contributed by atoms with van der Waals surface area (Å²) in [5, 5.41) is 3.42. The van der Waals surface area contributed by atoms with Gasteiger partial charge in [-0.2, -0.15) is 0 Å². The summed E-state index contributed by atoms with van der Waals surface area (Å²) in [5.41, 5.74) is 1.27. The fourth-order valence-corrected chi connectivity index (χ4v) is 2.97. The highest BCUT2D eigenvalue weighted by Crippen LogP contribution is 2.13. The van der Waals surface area contributed by atoms with Gasteiger partial charge < -0.3 is 24.6 Å². The van der Waals surface area contributed by atoms with E-state index in [9.17, 15) is 4.79 Å². The normalized spacial score (nSPS) is 14.4. The first-order valence-electron chi connectivity index (χ1n) is 9.18. The summed E-state index contributed by atoms with van der Waals surface area (Å²) in [6.07, 6.45) is 1.76. The molecule has 1 fully saturated rings. The molecule has 1 aromatic rings. The van der Waals surface area contributed by atoms with Gasteiger partial charge in [0.05, 0.1) is 13.7 Å². The SMILES string of the molecule is CCOC(=O)N1CCN(C(=NC)NCCCc2cccc(OC)c2)CC1.I. The van der Waals surface area contributed by atoms with Crippen LogP contribution < -0.4 is 10.1 Å². The van der Waals surface area contributed by atoms with Crippen LogP contribution in [0, 0.1) is 0 Å². The first kappa shape index (κ1) is 23.3. The van der Waals surface area contributed by atoms with Gasteiger partial charge in [-0.3, -0.25) is 4.99 Å². The number of amides is 1. The van der Waals surface area contributed by atoms with Gasteiger partial charge in [-0.25, -0.2) is 4.79 Å². The van der Waals surface area contributed by atoms with Gasteiger partial charge in [0.25, 0.3) is 0 Å². The second-order valence-electron chi connectivity index (χ2n) is 6.10. The van der Waals surface area contributed by atoms with Crippen LogP contribution >= 0.6 is 24.0 Å². The fourth-order valence-electron chi connectivity index (χ4n) is 2.97. The predicted molar refractivity (Wildman–Crippen MR) is 118 cm³/mol. The van der Waals surface area contributed by atoms with E-state index in [1.807, 2.05) is 19.1 Å². The quantitative estimate of drug-likeness (QED) is 0.288. The largest absolute Gasteiger partial charge is 0.497 e. The maximum Gasteiger partial charge on any atom is 0.409 e. The van der Waals surface area contributed by atoms with Crippen molar-refractivity contribution in [3.05, 3.63) is 29.8 Å². The molecule has 0 saturated carbocycles. The molecule has 1 saturated heterocycles. The van der Waals surface area contributed by atoms with Crippen LogP contribution in [0.15, 0.2) is 29.3 Å². The highest BCUT2D eigenvalue weighted by Gasteiger charge is 2.23. The summed E-state index contributed by atoms with van der Waals surface area (Å²) in [6, 6.07) is 8.17. The molecule has 7 nitrogen and oxygen atoms in total. The van der Waals surface area contributed by atoms with Crippen molar-refractivity contribution in [1.29, 1.82) is 0 Å². The van der Waals surface area contributed by atoms with Crippen molar-refractivity contribution < 1.29 is 14.3 Å². The number of carbonyl (C=O) groups is 1. The molecule has 8 heteroatoms. The van der Waals surface area contributed by atoms with Gasteiger partial charge in [-0.1, -0.05) is 12.1 Å². The number of aryl methyl sites for hydroxylation is 1. The van der Waals surface area contributed by atoms with E-state index in [2.05, 4.69) is 27.3 Å². The number of nitrogens with one attached hydrogen (secondary N) is 1. The van der Waals surface area contributed by atoms with E-state index in [4.69, 9.17) is 9.47 Å². The van der Waals surface area contributed by atoms with Crippen molar-refractivity contribution in [2.24, 2.45) is 4.99 Å². The van der Waals surface area contributed by atoms with Crippen molar-refractivity contribution in [2.75, 3.05) is 53.5 Å². The van der Waals surface area contributed by atoms with E-state index in [0.29, 0.717) is 19.7 Å². The first-order chi connectivity index (χ1) is 12.7. The maximum atomic E-state index is 11.8. The van der Waals surface area contributed by atoms with Crippen molar-refractivity contribution in [3.63, 3.8) is 0 Å². The number of methoxy groups -OCH3 is 1. The van der Waals surface area contributed by atoms with Crippen LogP contribution in [-0.4, -0.2) is 75.3 Å². The van der Waals surface area contributed by atoms with Crippen LogP contribution in [0.4, 0.5) is 4.79 Å². The maximum absolute atomic E-state index is 11.8. The number of benzene rings is 1. The van der Waals surface area contributed by atoms with Crippen LogP contribution in [0.3, 0.4) is 0 Å². The summed E-state index contributed by atoms with van der Waals surface area (Å²) >= 11 is 0. The third kappa shape index (κ3) is 7.43. The Morgan fingerprint density at radius 1 is 1.22 bits per heavy atom. The number of piperazine rings is 1. The summed E-state index contributed by atoms with van der Waals surface area (Å²) in [6.45, 7) is 5.92. The van der Waals surface area contributed by atoms with Crippen molar-refractivity contribution in [1.82, 2.24) is 15.1 Å². The van der Waals surface area contributed by atoms with Gasteiger partial charge in [0.2, 0.25) is 0 Å². The molecular weight excluding hydrogens is 459 g/mol. The molecule has 2 rings (SSSR count). The monoisotopic (exact) mass is 490 g/mol. The Hall–Kier alpha value is -1.71. The lowest BCUT2D eigenvalue weighted by Gasteiger charge is -2.35. The summed E-state index contributed by atoms with van der Waals surface area (Å²) in [7, 11) is 3.48. The number of nitrogens with zero attached hydrogens (tertiary/aromatic N) is 3. The van der Waals surface area contributed by atoms with E-state index < -0.39 is 0 Å². The van der Waals surface area contributed by atoms with Gasteiger partial charge in [-0.15, -0.1) is 24.0 Å². The molecule has 0 unspecified atom stereocenters. The number of guanidine groups is 1. The van der Waals surface area contributed by atoms with E-state index in [0.717, 1.165) is 44.2 Å². The second-order valence-corrected chi connectivity index (χ2v) is 6.10. The van der Waals surface area contributed by atoms with E-state index in [1.54, 1.807) is 19.1 Å². The lowest BCUT2D eigenvalue weighted by molar-refractivity contribution is 0.0914. The second kappa shape index (κ2) is 12.6. The average Bonchev–Trinajstić information content (AvgIpc) is 2.68. The molecule has 1 aliphatic heterocycles. The Balaban J connectivity index is 0.00000364. The van der Waals surface area contributed by atoms with Crippen LogP contribution in [0.25, 0.3) is 0 Å². The van der Waals surface area contributed by atoms with E-state index in [1.165, 1.54) is 5.56 Å². The molecule has 1 N–H and O–H groups in total. The zero-order valence-electron chi connectivity index (χ0n) is 16.4. The zero-order valence-corrected chi connectivity index (χ0v) is 18.8. The van der Waals surface area contributed by atoms with Crippen molar-refractivity contribution in [3.8, 4) is 5.75 Å². The average molecular weight is 490 g/mol. The molecule has 0 spiro atoms. The Labute approximate surface area is 179 Å². The number of hydrogen-bond acceptors (Lipinski definition) is 4. The molecule has 1 aliphatic rings. The number of carbonyl (C=O) groups excluding carboxylic acids is 1. The minimum absolute atomic E-state index is 0. The highest BCUT2D eigenvalue weighted by atomic mass is 127. The molecule has 0 aliphatic carbocycles. The molecule has 0 bridgehead atoms. The number of hydrogen-bond donors (Lipinski definition) is 1. The molecule has 0 atom stereocenters. The summed E-state index contributed by atoms with van der Waals surface area (Å²) in [4.78, 5) is 20.1. The minimum Gasteiger partial charge on any atom is -0.497 e. The van der Waals surface area contributed by atoms with Gasteiger partial charge in [-0.05, 0) is 37.5 Å². The predicted octanol–water partition coefficient (Wildman–Crippen LogP) is 2.60. The summed E-state index contributed by atoms with van der Waals surface area (Å²) in [5.74, 6) is 1.78.